The third kappa shape index (κ3) is 8.54. The largest absolute Gasteiger partial charge is 0.462 e. The van der Waals surface area contributed by atoms with Crippen molar-refractivity contribution in [2.45, 2.75) is 45.4 Å². The van der Waals surface area contributed by atoms with E-state index in [2.05, 4.69) is 20.1 Å². The molecular formula is C13H21ClO2. The third-order valence-corrected chi connectivity index (χ3v) is 2.41. The molecule has 0 rings (SSSR count). The summed E-state index contributed by atoms with van der Waals surface area (Å²) in [7, 11) is 0. The monoisotopic (exact) mass is 244 g/mol. The average molecular weight is 245 g/mol. The lowest BCUT2D eigenvalue weighted by atomic mass is 10.1. The maximum Gasteiger partial charge on any atom is 0.333 e. The van der Waals surface area contributed by atoms with Crippen molar-refractivity contribution in [1.82, 2.24) is 0 Å². The second kappa shape index (κ2) is 9.46. The average Bonchev–Trinajstić information content (AvgIpc) is 2.25. The summed E-state index contributed by atoms with van der Waals surface area (Å²) >= 11 is 5.60. The number of rotatable bonds is 9. The molecule has 0 radical (unpaired) electrons. The number of carbonyl (C=O) groups excluding carboxylic acids is 1. The van der Waals surface area contributed by atoms with E-state index in [0.717, 1.165) is 12.8 Å². The van der Waals surface area contributed by atoms with Gasteiger partial charge < -0.3 is 4.74 Å². The van der Waals surface area contributed by atoms with Crippen molar-refractivity contribution in [3.8, 4) is 0 Å². The van der Waals surface area contributed by atoms with Gasteiger partial charge in [0.05, 0.1) is 6.61 Å². The van der Waals surface area contributed by atoms with Gasteiger partial charge in [-0.1, -0.05) is 50.9 Å². The second-order valence-corrected chi connectivity index (χ2v) is 4.35. The van der Waals surface area contributed by atoms with Crippen molar-refractivity contribution >= 4 is 17.6 Å². The molecule has 0 saturated heterocycles. The maximum atomic E-state index is 11.4. The Morgan fingerprint density at radius 3 is 2.44 bits per heavy atom. The zero-order valence-corrected chi connectivity index (χ0v) is 10.8. The highest BCUT2D eigenvalue weighted by Crippen LogP contribution is 2.13. The van der Waals surface area contributed by atoms with Crippen molar-refractivity contribution in [3.05, 3.63) is 23.8 Å². The van der Waals surface area contributed by atoms with Gasteiger partial charge in [-0.3, -0.25) is 0 Å². The molecule has 92 valence electrons. The molecule has 3 heteroatoms. The minimum absolute atomic E-state index is 0.311. The zero-order valence-electron chi connectivity index (χ0n) is 10.1. The molecule has 0 aliphatic carbocycles. The number of hydrogen-bond donors (Lipinski definition) is 0. The zero-order chi connectivity index (χ0) is 12.4. The van der Waals surface area contributed by atoms with Crippen LogP contribution >= 0.6 is 11.6 Å². The summed E-state index contributed by atoms with van der Waals surface area (Å²) in [6.07, 6.45) is 5.49. The summed E-state index contributed by atoms with van der Waals surface area (Å²) in [5, 5.41) is 0.539. The smallest absolute Gasteiger partial charge is 0.333 e. The molecule has 0 saturated carbocycles. The van der Waals surface area contributed by atoms with Crippen LogP contribution in [0.1, 0.15) is 45.4 Å². The Hall–Kier alpha value is -0.760. The Labute approximate surface area is 103 Å². The fourth-order valence-corrected chi connectivity index (χ4v) is 1.28. The summed E-state index contributed by atoms with van der Waals surface area (Å²) < 4.78 is 5.07. The molecule has 0 heterocycles. The van der Waals surface area contributed by atoms with Crippen LogP contribution in [0.4, 0.5) is 0 Å². The lowest BCUT2D eigenvalue weighted by Crippen LogP contribution is -2.08. The molecule has 0 bridgehead atoms. The number of unbranched alkanes of at least 4 members (excludes halogenated alkanes) is 3. The highest BCUT2D eigenvalue weighted by atomic mass is 35.5. The molecule has 2 nitrogen and oxygen atoms in total. The summed E-state index contributed by atoms with van der Waals surface area (Å²) in [4.78, 5) is 11.4. The fraction of sp³-hybridized carbons (Fsp3) is 0.615. The minimum Gasteiger partial charge on any atom is -0.462 e. The van der Waals surface area contributed by atoms with E-state index in [1.54, 1.807) is 0 Å². The first-order chi connectivity index (χ1) is 7.57. The van der Waals surface area contributed by atoms with Gasteiger partial charge in [-0.2, -0.15) is 0 Å². The van der Waals surface area contributed by atoms with Gasteiger partial charge in [0, 0.05) is 10.6 Å². The van der Waals surface area contributed by atoms with E-state index >= 15 is 0 Å². The number of ether oxygens (including phenoxy) is 1. The summed E-state index contributed by atoms with van der Waals surface area (Å²) in [5.41, 5.74) is 0.470. The molecule has 0 aromatic carbocycles. The SMILES string of the molecule is C=C(Cl)CCC(=C)C(=O)OCCCCCC. The molecule has 0 aromatic rings. The fourth-order valence-electron chi connectivity index (χ4n) is 1.18. The molecule has 0 atom stereocenters. The van der Waals surface area contributed by atoms with E-state index in [1.165, 1.54) is 12.8 Å². The quantitative estimate of drug-likeness (QED) is 0.345. The Kier molecular flexibility index (Phi) is 9.02. The van der Waals surface area contributed by atoms with Crippen LogP contribution in [0.25, 0.3) is 0 Å². The van der Waals surface area contributed by atoms with Crippen molar-refractivity contribution in [2.24, 2.45) is 0 Å². The molecule has 0 N–H and O–H groups in total. The van der Waals surface area contributed by atoms with Crippen LogP contribution < -0.4 is 0 Å². The van der Waals surface area contributed by atoms with Crippen LogP contribution in [0.2, 0.25) is 0 Å². The van der Waals surface area contributed by atoms with E-state index in [4.69, 9.17) is 16.3 Å². The second-order valence-electron chi connectivity index (χ2n) is 3.82. The maximum absolute atomic E-state index is 11.4. The van der Waals surface area contributed by atoms with Gasteiger partial charge >= 0.3 is 5.97 Å². The van der Waals surface area contributed by atoms with E-state index < -0.39 is 0 Å². The van der Waals surface area contributed by atoms with Gasteiger partial charge in [-0.25, -0.2) is 4.79 Å². The van der Waals surface area contributed by atoms with Gasteiger partial charge in [-0.05, 0) is 19.3 Å². The first-order valence-electron chi connectivity index (χ1n) is 5.76. The predicted molar refractivity (Wildman–Crippen MR) is 68.5 cm³/mol. The van der Waals surface area contributed by atoms with Crippen molar-refractivity contribution < 1.29 is 9.53 Å². The standard InChI is InChI=1S/C13H21ClO2/c1-4-5-6-7-10-16-13(15)11(2)8-9-12(3)14/h2-10H2,1H3. The molecule has 0 amide bonds. The lowest BCUT2D eigenvalue weighted by molar-refractivity contribution is -0.139. The van der Waals surface area contributed by atoms with E-state index in [1.807, 2.05) is 0 Å². The highest BCUT2D eigenvalue weighted by molar-refractivity contribution is 6.29. The molecule has 16 heavy (non-hydrogen) atoms. The number of halogens is 1. The summed E-state index contributed by atoms with van der Waals surface area (Å²) in [6, 6.07) is 0. The highest BCUT2D eigenvalue weighted by Gasteiger charge is 2.08. The lowest BCUT2D eigenvalue weighted by Gasteiger charge is -2.06. The van der Waals surface area contributed by atoms with Crippen molar-refractivity contribution in [2.75, 3.05) is 6.61 Å². The molecule has 0 unspecified atom stereocenters. The van der Waals surface area contributed by atoms with Gasteiger partial charge in [0.25, 0.3) is 0 Å². The molecule has 0 aliphatic heterocycles. The Morgan fingerprint density at radius 2 is 1.88 bits per heavy atom. The van der Waals surface area contributed by atoms with E-state index in [9.17, 15) is 4.79 Å². The predicted octanol–water partition coefficient (Wildman–Crippen LogP) is 4.20. The van der Waals surface area contributed by atoms with Crippen LogP contribution in [0.5, 0.6) is 0 Å². The molecule has 0 spiro atoms. The van der Waals surface area contributed by atoms with Crippen LogP contribution in [0.3, 0.4) is 0 Å². The van der Waals surface area contributed by atoms with Crippen LogP contribution in [0, 0.1) is 0 Å². The number of hydrogen-bond acceptors (Lipinski definition) is 2. The number of esters is 1. The Morgan fingerprint density at radius 1 is 1.19 bits per heavy atom. The van der Waals surface area contributed by atoms with Crippen LogP contribution in [-0.4, -0.2) is 12.6 Å². The van der Waals surface area contributed by atoms with Crippen LogP contribution in [-0.2, 0) is 9.53 Å². The van der Waals surface area contributed by atoms with E-state index in [-0.39, 0.29) is 5.97 Å². The molecule has 0 fully saturated rings. The number of carbonyl (C=O) groups is 1. The minimum atomic E-state index is -0.311. The Balaban J connectivity index is 3.55. The van der Waals surface area contributed by atoms with Crippen LogP contribution in [0.15, 0.2) is 23.8 Å². The molecule has 0 aliphatic rings. The Bertz CT molecular complexity index is 246. The third-order valence-electron chi connectivity index (χ3n) is 2.22. The molecule has 0 aromatic heterocycles. The first-order valence-corrected chi connectivity index (χ1v) is 6.14. The van der Waals surface area contributed by atoms with Gasteiger partial charge in [-0.15, -0.1) is 0 Å². The summed E-state index contributed by atoms with van der Waals surface area (Å²) in [6.45, 7) is 9.85. The molecular weight excluding hydrogens is 224 g/mol. The van der Waals surface area contributed by atoms with Gasteiger partial charge in [0.2, 0.25) is 0 Å². The topological polar surface area (TPSA) is 26.3 Å². The van der Waals surface area contributed by atoms with E-state index in [0.29, 0.717) is 30.1 Å². The first kappa shape index (κ1) is 15.2. The van der Waals surface area contributed by atoms with Gasteiger partial charge in [0.15, 0.2) is 0 Å². The number of allylic oxidation sites excluding steroid dienone is 1. The van der Waals surface area contributed by atoms with Crippen molar-refractivity contribution in [3.63, 3.8) is 0 Å². The summed E-state index contributed by atoms with van der Waals surface area (Å²) in [5.74, 6) is -0.311. The van der Waals surface area contributed by atoms with Gasteiger partial charge in [0.1, 0.15) is 0 Å². The normalized spacial score (nSPS) is 9.88. The van der Waals surface area contributed by atoms with Crippen molar-refractivity contribution in [1.29, 1.82) is 0 Å².